The molecule has 0 fully saturated rings. The molecule has 0 radical (unpaired) electrons. The van der Waals surface area contributed by atoms with Gasteiger partial charge in [0.15, 0.2) is 5.69 Å². The zero-order chi connectivity index (χ0) is 11.1. The van der Waals surface area contributed by atoms with Crippen LogP contribution in [0.15, 0.2) is 18.3 Å². The Balaban J connectivity index is 2.56. The van der Waals surface area contributed by atoms with E-state index in [4.69, 9.17) is 10.5 Å². The van der Waals surface area contributed by atoms with Gasteiger partial charge in [0.1, 0.15) is 0 Å². The van der Waals surface area contributed by atoms with Gasteiger partial charge in [0.05, 0.1) is 5.69 Å². The SMILES string of the molecule is COCCCNc1cccnc1C(N)=O. The molecule has 0 saturated carbocycles. The lowest BCUT2D eigenvalue weighted by atomic mass is 10.2. The fraction of sp³-hybridized carbons (Fsp3) is 0.400. The summed E-state index contributed by atoms with van der Waals surface area (Å²) in [5.74, 6) is -0.523. The van der Waals surface area contributed by atoms with Crippen molar-refractivity contribution in [1.82, 2.24) is 4.98 Å². The van der Waals surface area contributed by atoms with Crippen molar-refractivity contribution in [1.29, 1.82) is 0 Å². The number of carbonyl (C=O) groups excluding carboxylic acids is 1. The molecular formula is C10H15N3O2. The summed E-state index contributed by atoms with van der Waals surface area (Å²) in [6.07, 6.45) is 2.41. The minimum Gasteiger partial charge on any atom is -0.385 e. The summed E-state index contributed by atoms with van der Waals surface area (Å²) in [5.41, 5.74) is 6.12. The van der Waals surface area contributed by atoms with Crippen LogP contribution in [0.4, 0.5) is 5.69 Å². The number of aromatic nitrogens is 1. The number of rotatable bonds is 6. The van der Waals surface area contributed by atoms with Gasteiger partial charge in [-0.05, 0) is 18.6 Å². The van der Waals surface area contributed by atoms with Gasteiger partial charge in [-0.25, -0.2) is 4.98 Å². The van der Waals surface area contributed by atoms with Crippen LogP contribution in [0, 0.1) is 0 Å². The van der Waals surface area contributed by atoms with Crippen molar-refractivity contribution in [3.05, 3.63) is 24.0 Å². The number of hydrogen-bond donors (Lipinski definition) is 2. The molecule has 0 aromatic carbocycles. The number of amides is 1. The van der Waals surface area contributed by atoms with E-state index in [0.29, 0.717) is 12.3 Å². The Labute approximate surface area is 88.6 Å². The first-order valence-corrected chi connectivity index (χ1v) is 4.73. The third-order valence-electron chi connectivity index (χ3n) is 1.88. The second-order valence-corrected chi connectivity index (χ2v) is 3.04. The number of anilines is 1. The molecule has 5 heteroatoms. The van der Waals surface area contributed by atoms with E-state index in [1.807, 2.05) is 0 Å². The number of ether oxygens (including phenoxy) is 1. The third-order valence-corrected chi connectivity index (χ3v) is 1.88. The van der Waals surface area contributed by atoms with Gasteiger partial charge in [-0.2, -0.15) is 0 Å². The van der Waals surface area contributed by atoms with Crippen molar-refractivity contribution in [2.45, 2.75) is 6.42 Å². The minimum atomic E-state index is -0.523. The maximum atomic E-state index is 11.0. The first-order valence-electron chi connectivity index (χ1n) is 4.73. The Morgan fingerprint density at radius 1 is 1.67 bits per heavy atom. The summed E-state index contributed by atoms with van der Waals surface area (Å²) in [6.45, 7) is 1.40. The molecule has 3 N–H and O–H groups in total. The summed E-state index contributed by atoms with van der Waals surface area (Å²) < 4.78 is 4.91. The highest BCUT2D eigenvalue weighted by atomic mass is 16.5. The summed E-state index contributed by atoms with van der Waals surface area (Å²) in [6, 6.07) is 3.53. The molecule has 1 aromatic rings. The standard InChI is InChI=1S/C10H15N3O2/c1-15-7-3-6-12-8-4-2-5-13-9(8)10(11)14/h2,4-5,12H,3,6-7H2,1H3,(H2,11,14). The highest BCUT2D eigenvalue weighted by Crippen LogP contribution is 2.10. The number of nitrogens with one attached hydrogen (secondary N) is 1. The lowest BCUT2D eigenvalue weighted by Gasteiger charge is -2.08. The smallest absolute Gasteiger partial charge is 0.269 e. The lowest BCUT2D eigenvalue weighted by Crippen LogP contribution is -2.17. The topological polar surface area (TPSA) is 77.2 Å². The van der Waals surface area contributed by atoms with Gasteiger partial charge in [0, 0.05) is 26.5 Å². The Morgan fingerprint density at radius 2 is 2.47 bits per heavy atom. The first-order chi connectivity index (χ1) is 7.25. The quantitative estimate of drug-likeness (QED) is 0.674. The van der Waals surface area contributed by atoms with Gasteiger partial charge in [-0.15, -0.1) is 0 Å². The van der Waals surface area contributed by atoms with Gasteiger partial charge < -0.3 is 15.8 Å². The fourth-order valence-corrected chi connectivity index (χ4v) is 1.18. The highest BCUT2D eigenvalue weighted by Gasteiger charge is 2.07. The zero-order valence-corrected chi connectivity index (χ0v) is 8.69. The van der Waals surface area contributed by atoms with E-state index in [9.17, 15) is 4.79 Å². The van der Waals surface area contributed by atoms with E-state index >= 15 is 0 Å². The van der Waals surface area contributed by atoms with Crippen LogP contribution >= 0.6 is 0 Å². The number of pyridine rings is 1. The molecule has 0 atom stereocenters. The molecule has 0 bridgehead atoms. The number of primary amides is 1. The summed E-state index contributed by atoms with van der Waals surface area (Å²) in [5, 5.41) is 3.09. The van der Waals surface area contributed by atoms with Crippen molar-refractivity contribution >= 4 is 11.6 Å². The Bertz CT molecular complexity index is 328. The number of nitrogens with two attached hydrogens (primary N) is 1. The predicted octanol–water partition coefficient (Wildman–Crippen LogP) is 0.629. The molecular weight excluding hydrogens is 194 g/mol. The summed E-state index contributed by atoms with van der Waals surface area (Å²) >= 11 is 0. The summed E-state index contributed by atoms with van der Waals surface area (Å²) in [7, 11) is 1.65. The normalized spacial score (nSPS) is 9.93. The molecule has 1 amide bonds. The van der Waals surface area contributed by atoms with Crippen molar-refractivity contribution in [2.24, 2.45) is 5.73 Å². The molecule has 0 aliphatic heterocycles. The van der Waals surface area contributed by atoms with E-state index in [2.05, 4.69) is 10.3 Å². The number of hydrogen-bond acceptors (Lipinski definition) is 4. The van der Waals surface area contributed by atoms with Gasteiger partial charge in [-0.3, -0.25) is 4.79 Å². The molecule has 0 aliphatic rings. The molecule has 1 aromatic heterocycles. The average Bonchev–Trinajstić information content (AvgIpc) is 2.25. The van der Waals surface area contributed by atoms with Crippen LogP contribution < -0.4 is 11.1 Å². The van der Waals surface area contributed by atoms with E-state index in [1.165, 1.54) is 0 Å². The fourth-order valence-electron chi connectivity index (χ4n) is 1.18. The average molecular weight is 209 g/mol. The van der Waals surface area contributed by atoms with Crippen molar-refractivity contribution in [3.8, 4) is 0 Å². The maximum Gasteiger partial charge on any atom is 0.269 e. The summed E-state index contributed by atoms with van der Waals surface area (Å²) in [4.78, 5) is 14.9. The predicted molar refractivity (Wildman–Crippen MR) is 57.7 cm³/mol. The van der Waals surface area contributed by atoms with Crippen LogP contribution in [-0.4, -0.2) is 31.2 Å². The van der Waals surface area contributed by atoms with Crippen molar-refractivity contribution in [2.75, 3.05) is 25.6 Å². The monoisotopic (exact) mass is 209 g/mol. The van der Waals surface area contributed by atoms with Gasteiger partial charge in [-0.1, -0.05) is 0 Å². The van der Waals surface area contributed by atoms with Gasteiger partial charge in [0.25, 0.3) is 5.91 Å². The molecule has 15 heavy (non-hydrogen) atoms. The van der Waals surface area contributed by atoms with E-state index in [-0.39, 0.29) is 5.69 Å². The Kier molecular flexibility index (Phi) is 4.56. The molecule has 0 aliphatic carbocycles. The van der Waals surface area contributed by atoms with Crippen LogP contribution in [0.2, 0.25) is 0 Å². The van der Waals surface area contributed by atoms with Crippen LogP contribution in [0.3, 0.4) is 0 Å². The molecule has 1 rings (SSSR count). The Hall–Kier alpha value is -1.62. The Morgan fingerprint density at radius 3 is 3.13 bits per heavy atom. The number of nitrogens with zero attached hydrogens (tertiary/aromatic N) is 1. The highest BCUT2D eigenvalue weighted by molar-refractivity contribution is 5.96. The number of carbonyl (C=O) groups is 1. The molecule has 0 spiro atoms. The molecule has 1 heterocycles. The van der Waals surface area contributed by atoms with E-state index in [1.54, 1.807) is 25.4 Å². The van der Waals surface area contributed by atoms with Gasteiger partial charge in [0.2, 0.25) is 0 Å². The minimum absolute atomic E-state index is 0.273. The zero-order valence-electron chi connectivity index (χ0n) is 8.69. The first kappa shape index (κ1) is 11.5. The molecule has 0 saturated heterocycles. The third kappa shape index (κ3) is 3.55. The molecule has 5 nitrogen and oxygen atoms in total. The second kappa shape index (κ2) is 5.98. The second-order valence-electron chi connectivity index (χ2n) is 3.04. The van der Waals surface area contributed by atoms with E-state index in [0.717, 1.165) is 13.0 Å². The van der Waals surface area contributed by atoms with E-state index < -0.39 is 5.91 Å². The maximum absolute atomic E-state index is 11.0. The lowest BCUT2D eigenvalue weighted by molar-refractivity contribution is 0.0996. The van der Waals surface area contributed by atoms with Crippen LogP contribution in [-0.2, 0) is 4.74 Å². The van der Waals surface area contributed by atoms with Crippen molar-refractivity contribution in [3.63, 3.8) is 0 Å². The molecule has 82 valence electrons. The number of methoxy groups -OCH3 is 1. The molecule has 0 unspecified atom stereocenters. The van der Waals surface area contributed by atoms with Crippen molar-refractivity contribution < 1.29 is 9.53 Å². The van der Waals surface area contributed by atoms with Crippen LogP contribution in [0.25, 0.3) is 0 Å². The largest absolute Gasteiger partial charge is 0.385 e. The van der Waals surface area contributed by atoms with Crippen LogP contribution in [0.5, 0.6) is 0 Å². The van der Waals surface area contributed by atoms with Crippen LogP contribution in [0.1, 0.15) is 16.9 Å². The van der Waals surface area contributed by atoms with Gasteiger partial charge >= 0.3 is 0 Å².